The SMILES string of the molecule is O=C(Nc1cccc(Nc2ccccc2-c2cc(Nc3ccc(C(F)(F)F)cc3)ncn2)c1)c1ccccc1. The molecule has 1 aromatic heterocycles. The van der Waals surface area contributed by atoms with E-state index in [1.807, 2.05) is 54.6 Å². The summed E-state index contributed by atoms with van der Waals surface area (Å²) in [6, 6.07) is 30.3. The number of rotatable bonds is 7. The second-order valence-electron chi connectivity index (χ2n) is 8.56. The van der Waals surface area contributed by atoms with E-state index in [9.17, 15) is 18.0 Å². The average Bonchev–Trinajstić information content (AvgIpc) is 2.94. The first-order valence-electron chi connectivity index (χ1n) is 11.9. The van der Waals surface area contributed by atoms with E-state index in [0.717, 1.165) is 29.1 Å². The lowest BCUT2D eigenvalue weighted by atomic mass is 10.1. The van der Waals surface area contributed by atoms with Gasteiger partial charge in [-0.15, -0.1) is 0 Å². The molecule has 1 heterocycles. The minimum Gasteiger partial charge on any atom is -0.355 e. The quantitative estimate of drug-likeness (QED) is 0.201. The third-order valence-electron chi connectivity index (χ3n) is 5.79. The maximum Gasteiger partial charge on any atom is 0.416 e. The van der Waals surface area contributed by atoms with Crippen LogP contribution in [0.4, 0.5) is 41.7 Å². The molecule has 0 saturated heterocycles. The number of alkyl halides is 3. The minimum atomic E-state index is -4.40. The van der Waals surface area contributed by atoms with E-state index in [1.165, 1.54) is 18.5 Å². The molecule has 0 atom stereocenters. The van der Waals surface area contributed by atoms with Crippen molar-refractivity contribution in [2.24, 2.45) is 0 Å². The number of para-hydroxylation sites is 1. The lowest BCUT2D eigenvalue weighted by Gasteiger charge is -2.14. The molecule has 5 aromatic rings. The summed E-state index contributed by atoms with van der Waals surface area (Å²) in [5.74, 6) is 0.224. The molecular weight excluding hydrogens is 503 g/mol. The van der Waals surface area contributed by atoms with E-state index in [-0.39, 0.29) is 5.91 Å². The number of amides is 1. The van der Waals surface area contributed by atoms with Crippen LogP contribution in [0, 0.1) is 0 Å². The van der Waals surface area contributed by atoms with Gasteiger partial charge >= 0.3 is 6.18 Å². The van der Waals surface area contributed by atoms with Crippen molar-refractivity contribution in [2.45, 2.75) is 6.18 Å². The Morgan fingerprint density at radius 1 is 0.667 bits per heavy atom. The molecule has 194 valence electrons. The fourth-order valence-electron chi connectivity index (χ4n) is 3.90. The number of anilines is 5. The third-order valence-corrected chi connectivity index (χ3v) is 5.79. The molecule has 0 spiro atoms. The van der Waals surface area contributed by atoms with Gasteiger partial charge in [0.15, 0.2) is 0 Å². The molecule has 0 aliphatic carbocycles. The van der Waals surface area contributed by atoms with Crippen molar-refractivity contribution in [1.29, 1.82) is 0 Å². The van der Waals surface area contributed by atoms with Crippen LogP contribution >= 0.6 is 0 Å². The molecule has 9 heteroatoms. The molecule has 1 amide bonds. The molecule has 0 aliphatic rings. The zero-order chi connectivity index (χ0) is 27.2. The first-order valence-corrected chi connectivity index (χ1v) is 11.9. The molecule has 0 saturated carbocycles. The van der Waals surface area contributed by atoms with Crippen molar-refractivity contribution in [1.82, 2.24) is 9.97 Å². The summed E-state index contributed by atoms with van der Waals surface area (Å²) >= 11 is 0. The molecule has 6 nitrogen and oxygen atoms in total. The number of aromatic nitrogens is 2. The summed E-state index contributed by atoms with van der Waals surface area (Å²) in [4.78, 5) is 21.1. The highest BCUT2D eigenvalue weighted by Crippen LogP contribution is 2.32. The van der Waals surface area contributed by atoms with E-state index in [1.54, 1.807) is 30.3 Å². The van der Waals surface area contributed by atoms with Crippen LogP contribution in [0.1, 0.15) is 15.9 Å². The van der Waals surface area contributed by atoms with Crippen LogP contribution in [0.3, 0.4) is 0 Å². The highest BCUT2D eigenvalue weighted by atomic mass is 19.4. The molecule has 4 aromatic carbocycles. The van der Waals surface area contributed by atoms with Gasteiger partial charge in [-0.2, -0.15) is 13.2 Å². The first-order chi connectivity index (χ1) is 18.8. The average molecular weight is 526 g/mol. The molecule has 39 heavy (non-hydrogen) atoms. The molecule has 5 rings (SSSR count). The summed E-state index contributed by atoms with van der Waals surface area (Å²) in [7, 11) is 0. The summed E-state index contributed by atoms with van der Waals surface area (Å²) in [5, 5.41) is 9.30. The molecule has 0 bridgehead atoms. The van der Waals surface area contributed by atoms with Gasteiger partial charge in [0.05, 0.1) is 11.3 Å². The fraction of sp³-hybridized carbons (Fsp3) is 0.0333. The van der Waals surface area contributed by atoms with Crippen LogP contribution in [0.15, 0.2) is 116 Å². The Morgan fingerprint density at radius 3 is 2.15 bits per heavy atom. The monoisotopic (exact) mass is 525 g/mol. The predicted octanol–water partition coefficient (Wildman–Crippen LogP) is 7.90. The molecule has 0 unspecified atom stereocenters. The normalized spacial score (nSPS) is 11.1. The highest BCUT2D eigenvalue weighted by Gasteiger charge is 2.29. The van der Waals surface area contributed by atoms with E-state index >= 15 is 0 Å². The number of nitrogens with one attached hydrogen (secondary N) is 3. The van der Waals surface area contributed by atoms with Crippen molar-refractivity contribution < 1.29 is 18.0 Å². The van der Waals surface area contributed by atoms with Gasteiger partial charge < -0.3 is 16.0 Å². The van der Waals surface area contributed by atoms with Crippen molar-refractivity contribution in [3.8, 4) is 11.3 Å². The van der Waals surface area contributed by atoms with Crippen LogP contribution in [-0.2, 0) is 6.18 Å². The summed E-state index contributed by atoms with van der Waals surface area (Å²) in [6.45, 7) is 0. The van der Waals surface area contributed by atoms with Gasteiger partial charge in [-0.1, -0.05) is 42.5 Å². The van der Waals surface area contributed by atoms with Crippen molar-refractivity contribution in [2.75, 3.05) is 16.0 Å². The van der Waals surface area contributed by atoms with Crippen molar-refractivity contribution in [3.63, 3.8) is 0 Å². The lowest BCUT2D eigenvalue weighted by Crippen LogP contribution is -2.11. The number of carbonyl (C=O) groups excluding carboxylic acids is 1. The van der Waals surface area contributed by atoms with E-state index < -0.39 is 11.7 Å². The summed E-state index contributed by atoms with van der Waals surface area (Å²) in [6.07, 6.45) is -3.01. The minimum absolute atomic E-state index is 0.206. The largest absolute Gasteiger partial charge is 0.416 e. The Bertz CT molecular complexity index is 1590. The number of halogens is 3. The molecule has 0 radical (unpaired) electrons. The van der Waals surface area contributed by atoms with Crippen LogP contribution in [0.2, 0.25) is 0 Å². The zero-order valence-corrected chi connectivity index (χ0v) is 20.4. The van der Waals surface area contributed by atoms with Gasteiger partial charge in [0, 0.05) is 39.9 Å². The van der Waals surface area contributed by atoms with Crippen molar-refractivity contribution >= 4 is 34.5 Å². The Kier molecular flexibility index (Phi) is 7.22. The van der Waals surface area contributed by atoms with Gasteiger partial charge in [0.25, 0.3) is 5.91 Å². The Labute approximate surface area is 222 Å². The molecule has 3 N–H and O–H groups in total. The first kappa shape index (κ1) is 25.5. The third kappa shape index (κ3) is 6.40. The highest BCUT2D eigenvalue weighted by molar-refractivity contribution is 6.04. The standard InChI is InChI=1S/C30H22F3N5O/c31-30(32,33)21-13-15-22(16-14-21)37-28-18-27(34-19-35-28)25-11-4-5-12-26(25)36-23-9-6-10-24(17-23)38-29(39)20-7-2-1-3-8-20/h1-19,36H,(H,38,39)(H,34,35,37). The topological polar surface area (TPSA) is 78.9 Å². The maximum absolute atomic E-state index is 12.9. The van der Waals surface area contributed by atoms with E-state index in [4.69, 9.17) is 0 Å². The van der Waals surface area contributed by atoms with Crippen LogP contribution in [-0.4, -0.2) is 15.9 Å². The van der Waals surface area contributed by atoms with Crippen LogP contribution < -0.4 is 16.0 Å². The lowest BCUT2D eigenvalue weighted by molar-refractivity contribution is -0.137. The summed E-state index contributed by atoms with van der Waals surface area (Å²) < 4.78 is 38.6. The van der Waals surface area contributed by atoms with Crippen LogP contribution in [0.5, 0.6) is 0 Å². The number of carbonyl (C=O) groups is 1. The Balaban J connectivity index is 1.34. The zero-order valence-electron chi connectivity index (χ0n) is 20.4. The van der Waals surface area contributed by atoms with Gasteiger partial charge in [-0.05, 0) is 60.7 Å². The van der Waals surface area contributed by atoms with E-state index in [2.05, 4.69) is 25.9 Å². The number of benzene rings is 4. The maximum atomic E-state index is 12.9. The number of nitrogens with zero attached hydrogens (tertiary/aromatic N) is 2. The summed E-state index contributed by atoms with van der Waals surface area (Å²) in [5.41, 5.74) is 3.86. The smallest absolute Gasteiger partial charge is 0.355 e. The number of hydrogen-bond acceptors (Lipinski definition) is 5. The second-order valence-corrected chi connectivity index (χ2v) is 8.56. The molecule has 0 fully saturated rings. The van der Waals surface area contributed by atoms with Gasteiger partial charge in [-0.25, -0.2) is 9.97 Å². The van der Waals surface area contributed by atoms with E-state index in [0.29, 0.717) is 28.5 Å². The fourth-order valence-corrected chi connectivity index (χ4v) is 3.90. The number of hydrogen-bond donors (Lipinski definition) is 3. The van der Waals surface area contributed by atoms with Gasteiger partial charge in [-0.3, -0.25) is 4.79 Å². The van der Waals surface area contributed by atoms with Crippen molar-refractivity contribution in [3.05, 3.63) is 127 Å². The Morgan fingerprint density at radius 2 is 1.38 bits per heavy atom. The second kappa shape index (κ2) is 11.1. The molecule has 0 aliphatic heterocycles. The predicted molar refractivity (Wildman–Crippen MR) is 146 cm³/mol. The van der Waals surface area contributed by atoms with Gasteiger partial charge in [0.2, 0.25) is 0 Å². The van der Waals surface area contributed by atoms with Crippen LogP contribution in [0.25, 0.3) is 11.3 Å². The Hall–Kier alpha value is -5.18. The van der Waals surface area contributed by atoms with Gasteiger partial charge in [0.1, 0.15) is 12.1 Å². The molecular formula is C30H22F3N5O.